The Balaban J connectivity index is 2.44. The van der Waals surface area contributed by atoms with Gasteiger partial charge in [-0.1, -0.05) is 26.7 Å². The molecule has 0 aromatic carbocycles. The molecule has 0 radical (unpaired) electrons. The van der Waals surface area contributed by atoms with E-state index in [4.69, 9.17) is 4.74 Å². The lowest BCUT2D eigenvalue weighted by Gasteiger charge is -2.36. The first-order valence-corrected chi connectivity index (χ1v) is 8.70. The molecular formula is C17H34N2O2. The zero-order chi connectivity index (χ0) is 15.7. The SMILES string of the molecule is CCCNC(CCN(C)C1CCCCC1C)C(=O)OCC. The number of carbonyl (C=O) groups is 1. The highest BCUT2D eigenvalue weighted by molar-refractivity contribution is 5.75. The quantitative estimate of drug-likeness (QED) is 0.665. The van der Waals surface area contributed by atoms with Crippen LogP contribution in [0.25, 0.3) is 0 Å². The minimum Gasteiger partial charge on any atom is -0.465 e. The Bertz CT molecular complexity index is 297. The van der Waals surface area contributed by atoms with Gasteiger partial charge in [-0.2, -0.15) is 0 Å². The molecule has 0 saturated heterocycles. The third-order valence-corrected chi connectivity index (χ3v) is 4.61. The van der Waals surface area contributed by atoms with Crippen molar-refractivity contribution >= 4 is 5.97 Å². The summed E-state index contributed by atoms with van der Waals surface area (Å²) in [6.45, 7) is 8.62. The standard InChI is InChI=1S/C17H34N2O2/c1-5-12-18-15(17(20)21-6-2)11-13-19(4)16-10-8-7-9-14(16)3/h14-16,18H,5-13H2,1-4H3. The molecule has 0 aromatic rings. The second-order valence-electron chi connectivity index (χ2n) is 6.36. The Morgan fingerprint density at radius 2 is 2.05 bits per heavy atom. The first-order valence-electron chi connectivity index (χ1n) is 8.70. The van der Waals surface area contributed by atoms with Crippen LogP contribution in [0, 0.1) is 5.92 Å². The van der Waals surface area contributed by atoms with Gasteiger partial charge in [0.05, 0.1) is 6.61 Å². The van der Waals surface area contributed by atoms with Crippen LogP contribution < -0.4 is 5.32 Å². The van der Waals surface area contributed by atoms with Gasteiger partial charge in [-0.05, 0) is 52.1 Å². The summed E-state index contributed by atoms with van der Waals surface area (Å²) < 4.78 is 5.18. The van der Waals surface area contributed by atoms with Gasteiger partial charge in [0.1, 0.15) is 6.04 Å². The van der Waals surface area contributed by atoms with Crippen LogP contribution in [0.15, 0.2) is 0 Å². The van der Waals surface area contributed by atoms with Crippen molar-refractivity contribution in [1.82, 2.24) is 10.2 Å². The predicted octanol–water partition coefficient (Wildman–Crippen LogP) is 2.82. The van der Waals surface area contributed by atoms with E-state index in [1.165, 1.54) is 25.7 Å². The largest absolute Gasteiger partial charge is 0.465 e. The molecule has 1 saturated carbocycles. The van der Waals surface area contributed by atoms with Crippen LogP contribution in [-0.4, -0.2) is 49.7 Å². The van der Waals surface area contributed by atoms with E-state index < -0.39 is 0 Å². The number of hydrogen-bond acceptors (Lipinski definition) is 4. The van der Waals surface area contributed by atoms with Crippen molar-refractivity contribution in [2.75, 3.05) is 26.7 Å². The second-order valence-corrected chi connectivity index (χ2v) is 6.36. The first kappa shape index (κ1) is 18.4. The summed E-state index contributed by atoms with van der Waals surface area (Å²) >= 11 is 0. The maximum absolute atomic E-state index is 12.0. The number of hydrogen-bond donors (Lipinski definition) is 1. The molecule has 3 unspecified atom stereocenters. The Kier molecular flexibility index (Phi) is 8.93. The van der Waals surface area contributed by atoms with E-state index in [0.717, 1.165) is 31.8 Å². The number of nitrogens with zero attached hydrogens (tertiary/aromatic N) is 1. The van der Waals surface area contributed by atoms with Crippen molar-refractivity contribution in [3.05, 3.63) is 0 Å². The topological polar surface area (TPSA) is 41.6 Å². The minimum absolute atomic E-state index is 0.101. The lowest BCUT2D eigenvalue weighted by molar-refractivity contribution is -0.146. The molecule has 0 aliphatic heterocycles. The van der Waals surface area contributed by atoms with Crippen molar-refractivity contribution in [1.29, 1.82) is 0 Å². The highest BCUT2D eigenvalue weighted by atomic mass is 16.5. The fraction of sp³-hybridized carbons (Fsp3) is 0.941. The molecule has 0 amide bonds. The lowest BCUT2D eigenvalue weighted by atomic mass is 9.85. The van der Waals surface area contributed by atoms with Gasteiger partial charge >= 0.3 is 5.97 Å². The van der Waals surface area contributed by atoms with E-state index in [-0.39, 0.29) is 12.0 Å². The van der Waals surface area contributed by atoms with Gasteiger partial charge in [-0.15, -0.1) is 0 Å². The third kappa shape index (κ3) is 6.35. The molecule has 21 heavy (non-hydrogen) atoms. The molecule has 3 atom stereocenters. The summed E-state index contributed by atoms with van der Waals surface area (Å²) in [5.41, 5.74) is 0. The molecule has 0 heterocycles. The Morgan fingerprint density at radius 3 is 2.67 bits per heavy atom. The zero-order valence-electron chi connectivity index (χ0n) is 14.4. The van der Waals surface area contributed by atoms with E-state index >= 15 is 0 Å². The summed E-state index contributed by atoms with van der Waals surface area (Å²) in [6.07, 6.45) is 7.21. The summed E-state index contributed by atoms with van der Waals surface area (Å²) in [7, 11) is 2.20. The summed E-state index contributed by atoms with van der Waals surface area (Å²) in [4.78, 5) is 14.4. The molecule has 1 aliphatic rings. The average molecular weight is 298 g/mol. The summed E-state index contributed by atoms with van der Waals surface area (Å²) in [5.74, 6) is 0.671. The number of ether oxygens (including phenoxy) is 1. The molecule has 0 bridgehead atoms. The van der Waals surface area contributed by atoms with Gasteiger partial charge in [0.15, 0.2) is 0 Å². The highest BCUT2D eigenvalue weighted by Crippen LogP contribution is 2.27. The number of carbonyl (C=O) groups excluding carboxylic acids is 1. The van der Waals surface area contributed by atoms with E-state index in [1.54, 1.807) is 0 Å². The van der Waals surface area contributed by atoms with E-state index in [0.29, 0.717) is 12.6 Å². The van der Waals surface area contributed by atoms with Crippen LogP contribution in [0.4, 0.5) is 0 Å². The van der Waals surface area contributed by atoms with Crippen LogP contribution in [0.2, 0.25) is 0 Å². The van der Waals surface area contributed by atoms with Gasteiger partial charge < -0.3 is 15.0 Å². The van der Waals surface area contributed by atoms with Crippen LogP contribution >= 0.6 is 0 Å². The van der Waals surface area contributed by atoms with E-state index in [9.17, 15) is 4.79 Å². The average Bonchev–Trinajstić information content (AvgIpc) is 2.47. The monoisotopic (exact) mass is 298 g/mol. The minimum atomic E-state index is -0.161. The molecule has 0 spiro atoms. The Morgan fingerprint density at radius 1 is 1.33 bits per heavy atom. The molecule has 1 aliphatic carbocycles. The van der Waals surface area contributed by atoms with Gasteiger partial charge in [-0.25, -0.2) is 0 Å². The lowest BCUT2D eigenvalue weighted by Crippen LogP contribution is -2.44. The normalized spacial score (nSPS) is 24.0. The molecular weight excluding hydrogens is 264 g/mol. The van der Waals surface area contributed by atoms with E-state index in [1.807, 2.05) is 6.92 Å². The number of esters is 1. The van der Waals surface area contributed by atoms with Crippen LogP contribution in [0.3, 0.4) is 0 Å². The molecule has 4 nitrogen and oxygen atoms in total. The molecule has 4 heteroatoms. The van der Waals surface area contributed by atoms with Crippen molar-refractivity contribution in [3.8, 4) is 0 Å². The maximum Gasteiger partial charge on any atom is 0.323 e. The Hall–Kier alpha value is -0.610. The van der Waals surface area contributed by atoms with Gasteiger partial charge in [0.2, 0.25) is 0 Å². The number of rotatable bonds is 9. The summed E-state index contributed by atoms with van der Waals surface area (Å²) in [5, 5.41) is 3.32. The Labute approximate surface area is 130 Å². The summed E-state index contributed by atoms with van der Waals surface area (Å²) in [6, 6.07) is 0.513. The maximum atomic E-state index is 12.0. The van der Waals surface area contributed by atoms with Gasteiger partial charge in [0, 0.05) is 12.6 Å². The van der Waals surface area contributed by atoms with Crippen molar-refractivity contribution < 1.29 is 9.53 Å². The highest BCUT2D eigenvalue weighted by Gasteiger charge is 2.26. The zero-order valence-corrected chi connectivity index (χ0v) is 14.4. The molecule has 1 N–H and O–H groups in total. The predicted molar refractivity (Wildman–Crippen MR) is 87.4 cm³/mol. The van der Waals surface area contributed by atoms with Gasteiger partial charge in [0.25, 0.3) is 0 Å². The van der Waals surface area contributed by atoms with E-state index in [2.05, 4.69) is 31.1 Å². The fourth-order valence-corrected chi connectivity index (χ4v) is 3.31. The first-order chi connectivity index (χ1) is 10.1. The van der Waals surface area contributed by atoms with Crippen LogP contribution in [-0.2, 0) is 9.53 Å². The van der Waals surface area contributed by atoms with Gasteiger partial charge in [-0.3, -0.25) is 4.79 Å². The second kappa shape index (κ2) is 10.2. The van der Waals surface area contributed by atoms with Crippen molar-refractivity contribution in [2.24, 2.45) is 5.92 Å². The van der Waals surface area contributed by atoms with Crippen molar-refractivity contribution in [3.63, 3.8) is 0 Å². The van der Waals surface area contributed by atoms with Crippen molar-refractivity contribution in [2.45, 2.75) is 71.4 Å². The smallest absolute Gasteiger partial charge is 0.323 e. The van der Waals surface area contributed by atoms with Crippen LogP contribution in [0.1, 0.15) is 59.3 Å². The van der Waals surface area contributed by atoms with Crippen LogP contribution in [0.5, 0.6) is 0 Å². The number of nitrogens with one attached hydrogen (secondary N) is 1. The fourth-order valence-electron chi connectivity index (χ4n) is 3.31. The molecule has 1 fully saturated rings. The molecule has 0 aromatic heterocycles. The third-order valence-electron chi connectivity index (χ3n) is 4.61. The molecule has 124 valence electrons. The molecule has 1 rings (SSSR count).